The highest BCUT2D eigenvalue weighted by molar-refractivity contribution is 9.10. The van der Waals surface area contributed by atoms with Crippen LogP contribution in [0, 0.1) is 0 Å². The summed E-state index contributed by atoms with van der Waals surface area (Å²) < 4.78 is 11.8. The van der Waals surface area contributed by atoms with E-state index in [1.165, 1.54) is 0 Å². The first-order chi connectivity index (χ1) is 14.0. The van der Waals surface area contributed by atoms with E-state index in [9.17, 15) is 9.59 Å². The Kier molecular flexibility index (Phi) is 7.14. The van der Waals surface area contributed by atoms with Crippen LogP contribution < -0.4 is 9.47 Å². The minimum atomic E-state index is -0.0853. The molecule has 2 amide bonds. The highest BCUT2D eigenvalue weighted by Gasteiger charge is 2.26. The molecule has 29 heavy (non-hydrogen) atoms. The Balaban J connectivity index is 1.67. The number of hydrogen-bond acceptors (Lipinski definition) is 4. The van der Waals surface area contributed by atoms with Crippen molar-refractivity contribution in [3.63, 3.8) is 0 Å². The van der Waals surface area contributed by atoms with Crippen molar-refractivity contribution in [1.29, 1.82) is 0 Å². The first kappa shape index (κ1) is 21.2. The second-order valence-electron chi connectivity index (χ2n) is 6.79. The second-order valence-corrected chi connectivity index (χ2v) is 7.64. The normalized spacial score (nSPS) is 13.9. The maximum absolute atomic E-state index is 13.0. The van der Waals surface area contributed by atoms with Crippen LogP contribution in [0.2, 0.25) is 0 Å². The third-order valence-electron chi connectivity index (χ3n) is 4.80. The number of carbonyl (C=O) groups is 2. The van der Waals surface area contributed by atoms with Gasteiger partial charge in [0.15, 0.2) is 11.5 Å². The van der Waals surface area contributed by atoms with Gasteiger partial charge in [-0.1, -0.05) is 25.1 Å². The molecule has 0 aromatic heterocycles. The van der Waals surface area contributed by atoms with E-state index >= 15 is 0 Å². The average molecular weight is 461 g/mol. The summed E-state index contributed by atoms with van der Waals surface area (Å²) in [6, 6.07) is 12.7. The van der Waals surface area contributed by atoms with Crippen molar-refractivity contribution < 1.29 is 19.1 Å². The van der Waals surface area contributed by atoms with Gasteiger partial charge in [-0.3, -0.25) is 9.59 Å². The number of hydrogen-bond donors (Lipinski definition) is 0. The molecule has 0 radical (unpaired) electrons. The fraction of sp³-hybridized carbons (Fsp3) is 0.364. The average Bonchev–Trinajstić information content (AvgIpc) is 2.77. The lowest BCUT2D eigenvalue weighted by atomic mass is 10.1. The largest absolute Gasteiger partial charge is 0.493 e. The highest BCUT2D eigenvalue weighted by Crippen LogP contribution is 2.37. The molecule has 3 rings (SSSR count). The van der Waals surface area contributed by atoms with Gasteiger partial charge < -0.3 is 19.3 Å². The van der Waals surface area contributed by atoms with Gasteiger partial charge in [-0.05, 0) is 46.6 Å². The summed E-state index contributed by atoms with van der Waals surface area (Å²) in [5, 5.41) is 0. The smallest absolute Gasteiger partial charge is 0.254 e. The number of ether oxygens (including phenoxy) is 2. The first-order valence-electron chi connectivity index (χ1n) is 9.69. The number of rotatable bonds is 6. The topological polar surface area (TPSA) is 59.1 Å². The Morgan fingerprint density at radius 2 is 1.55 bits per heavy atom. The second kappa shape index (κ2) is 9.78. The van der Waals surface area contributed by atoms with E-state index in [0.717, 1.165) is 6.42 Å². The number of benzene rings is 2. The molecule has 1 saturated heterocycles. The van der Waals surface area contributed by atoms with Gasteiger partial charge in [0.25, 0.3) is 11.8 Å². The zero-order chi connectivity index (χ0) is 20.8. The molecular weight excluding hydrogens is 436 g/mol. The SMILES string of the molecule is CCCOc1c(Br)cc(C(=O)N2CCN(C(=O)c3ccccc3)CC2)cc1OC. The molecule has 0 unspecified atom stereocenters. The zero-order valence-corrected chi connectivity index (χ0v) is 18.3. The molecule has 1 heterocycles. The number of carbonyl (C=O) groups excluding carboxylic acids is 2. The minimum Gasteiger partial charge on any atom is -0.493 e. The minimum absolute atomic E-state index is 0.000427. The predicted octanol–water partition coefficient (Wildman–Crippen LogP) is 3.84. The summed E-state index contributed by atoms with van der Waals surface area (Å²) in [6.45, 7) is 4.60. The van der Waals surface area contributed by atoms with Crippen LogP contribution in [-0.4, -0.2) is 61.5 Å². The molecule has 2 aromatic carbocycles. The highest BCUT2D eigenvalue weighted by atomic mass is 79.9. The Morgan fingerprint density at radius 3 is 2.10 bits per heavy atom. The van der Waals surface area contributed by atoms with Crippen molar-refractivity contribution in [2.75, 3.05) is 39.9 Å². The molecule has 0 bridgehead atoms. The first-order valence-corrected chi connectivity index (χ1v) is 10.5. The van der Waals surface area contributed by atoms with Crippen LogP contribution in [0.25, 0.3) is 0 Å². The van der Waals surface area contributed by atoms with Crippen LogP contribution in [0.15, 0.2) is 46.9 Å². The van der Waals surface area contributed by atoms with Crippen molar-refractivity contribution in [3.8, 4) is 11.5 Å². The zero-order valence-electron chi connectivity index (χ0n) is 16.7. The van der Waals surface area contributed by atoms with Crippen LogP contribution in [0.5, 0.6) is 11.5 Å². The van der Waals surface area contributed by atoms with Crippen LogP contribution in [0.4, 0.5) is 0 Å². The van der Waals surface area contributed by atoms with Crippen LogP contribution in [-0.2, 0) is 0 Å². The van der Waals surface area contributed by atoms with E-state index in [0.29, 0.717) is 59.9 Å². The van der Waals surface area contributed by atoms with Crippen LogP contribution in [0.3, 0.4) is 0 Å². The molecule has 0 N–H and O–H groups in total. The van der Waals surface area contributed by atoms with Gasteiger partial charge in [-0.15, -0.1) is 0 Å². The Hall–Kier alpha value is -2.54. The number of nitrogens with zero attached hydrogens (tertiary/aromatic N) is 2. The van der Waals surface area contributed by atoms with E-state index in [1.54, 1.807) is 29.0 Å². The Bertz CT molecular complexity index is 865. The molecular formula is C22H25BrN2O4. The molecule has 0 atom stereocenters. The maximum atomic E-state index is 13.0. The van der Waals surface area contributed by atoms with Crippen LogP contribution in [0.1, 0.15) is 34.1 Å². The fourth-order valence-corrected chi connectivity index (χ4v) is 3.80. The molecule has 1 fully saturated rings. The van der Waals surface area contributed by atoms with Gasteiger partial charge in [0, 0.05) is 37.3 Å². The number of piperazine rings is 1. The Labute approximate surface area is 179 Å². The van der Waals surface area contributed by atoms with Gasteiger partial charge in [0.2, 0.25) is 0 Å². The summed E-state index contributed by atoms with van der Waals surface area (Å²) in [4.78, 5) is 29.1. The van der Waals surface area contributed by atoms with Crippen molar-refractivity contribution in [2.45, 2.75) is 13.3 Å². The van der Waals surface area contributed by atoms with Crippen molar-refractivity contribution in [2.24, 2.45) is 0 Å². The number of amides is 2. The molecule has 1 aliphatic heterocycles. The standard InChI is InChI=1S/C22H25BrN2O4/c1-3-13-29-20-18(23)14-17(15-19(20)28-2)22(27)25-11-9-24(10-12-25)21(26)16-7-5-4-6-8-16/h4-8,14-15H,3,9-13H2,1-2H3. The molecule has 0 spiro atoms. The van der Waals surface area contributed by atoms with Gasteiger partial charge in [0.05, 0.1) is 18.2 Å². The van der Waals surface area contributed by atoms with E-state index < -0.39 is 0 Å². The van der Waals surface area contributed by atoms with E-state index in [-0.39, 0.29) is 11.8 Å². The molecule has 1 aliphatic rings. The van der Waals surface area contributed by atoms with E-state index in [2.05, 4.69) is 15.9 Å². The van der Waals surface area contributed by atoms with Crippen LogP contribution >= 0.6 is 15.9 Å². The monoisotopic (exact) mass is 460 g/mol. The van der Waals surface area contributed by atoms with Gasteiger partial charge in [-0.2, -0.15) is 0 Å². The predicted molar refractivity (Wildman–Crippen MR) is 115 cm³/mol. The summed E-state index contributed by atoms with van der Waals surface area (Å²) in [5.74, 6) is 1.04. The van der Waals surface area contributed by atoms with Gasteiger partial charge in [-0.25, -0.2) is 0 Å². The number of halogens is 1. The number of methoxy groups -OCH3 is 1. The van der Waals surface area contributed by atoms with Crippen molar-refractivity contribution in [1.82, 2.24) is 9.80 Å². The summed E-state index contributed by atoms with van der Waals surface area (Å²) in [7, 11) is 1.56. The van der Waals surface area contributed by atoms with Crippen molar-refractivity contribution in [3.05, 3.63) is 58.1 Å². The van der Waals surface area contributed by atoms with Gasteiger partial charge in [0.1, 0.15) is 0 Å². The molecule has 2 aromatic rings. The maximum Gasteiger partial charge on any atom is 0.254 e. The summed E-state index contributed by atoms with van der Waals surface area (Å²) in [6.07, 6.45) is 0.877. The summed E-state index contributed by atoms with van der Waals surface area (Å²) in [5.41, 5.74) is 1.20. The lowest BCUT2D eigenvalue weighted by molar-refractivity contribution is 0.0535. The summed E-state index contributed by atoms with van der Waals surface area (Å²) >= 11 is 3.49. The molecule has 0 saturated carbocycles. The third kappa shape index (κ3) is 4.90. The molecule has 0 aliphatic carbocycles. The Morgan fingerprint density at radius 1 is 0.966 bits per heavy atom. The van der Waals surface area contributed by atoms with E-state index in [1.807, 2.05) is 37.3 Å². The van der Waals surface area contributed by atoms with E-state index in [4.69, 9.17) is 9.47 Å². The molecule has 154 valence electrons. The molecule has 6 nitrogen and oxygen atoms in total. The fourth-order valence-electron chi connectivity index (χ4n) is 3.25. The lowest BCUT2D eigenvalue weighted by Crippen LogP contribution is -2.50. The van der Waals surface area contributed by atoms with Gasteiger partial charge >= 0.3 is 0 Å². The quantitative estimate of drug-likeness (QED) is 0.656. The third-order valence-corrected chi connectivity index (χ3v) is 5.39. The molecule has 7 heteroatoms. The van der Waals surface area contributed by atoms with Crippen molar-refractivity contribution >= 4 is 27.7 Å². The lowest BCUT2D eigenvalue weighted by Gasteiger charge is -2.35.